The number of nitrogens with zero attached hydrogens (tertiary/aromatic N) is 4. The number of anilines is 6. The summed E-state index contributed by atoms with van der Waals surface area (Å²) in [5.41, 5.74) is 13.9. The zero-order chi connectivity index (χ0) is 41.1. The van der Waals surface area contributed by atoms with Crippen LogP contribution in [0.4, 0.5) is 34.1 Å². The van der Waals surface area contributed by atoms with Crippen LogP contribution >= 0.6 is 11.3 Å². The van der Waals surface area contributed by atoms with Gasteiger partial charge in [-0.25, -0.2) is 9.97 Å². The van der Waals surface area contributed by atoms with E-state index < -0.39 is 0 Å². The third-order valence-electron chi connectivity index (χ3n) is 14.5. The maximum atomic E-state index is 5.77. The van der Waals surface area contributed by atoms with E-state index in [1.165, 1.54) is 32.9 Å². The zero-order valence-corrected chi connectivity index (χ0v) is 35.3. The van der Waals surface area contributed by atoms with Gasteiger partial charge in [0.2, 0.25) is 0 Å². The fourth-order valence-corrected chi connectivity index (χ4v) is 12.6. The lowest BCUT2D eigenvalue weighted by Crippen LogP contribution is -2.35. The summed E-state index contributed by atoms with van der Waals surface area (Å²) in [5.74, 6) is 2.29. The summed E-state index contributed by atoms with van der Waals surface area (Å²) in [4.78, 5) is 18.7. The average Bonchev–Trinajstić information content (AvgIpc) is 3.53. The molecule has 0 spiro atoms. The van der Waals surface area contributed by atoms with Crippen molar-refractivity contribution >= 4 is 78.0 Å². The van der Waals surface area contributed by atoms with Crippen molar-refractivity contribution in [1.29, 1.82) is 0 Å². The number of hydrogen-bond donors (Lipinski definition) is 0. The fraction of sp³-hybridized carbons (Fsp3) is 0.123. The third kappa shape index (κ3) is 5.12. The molecule has 8 aromatic carbocycles. The Morgan fingerprint density at radius 2 is 0.855 bits per heavy atom. The molecule has 5 heteroatoms. The van der Waals surface area contributed by atoms with Crippen molar-refractivity contribution in [3.05, 3.63) is 206 Å². The Hall–Kier alpha value is -7.08. The number of hydrogen-bond acceptors (Lipinski definition) is 5. The second-order valence-electron chi connectivity index (χ2n) is 17.6. The molecular weight excluding hydrogens is 773 g/mol. The Labute approximate surface area is 365 Å². The first-order valence-electron chi connectivity index (χ1n) is 21.8. The van der Waals surface area contributed by atoms with Crippen LogP contribution in [0.2, 0.25) is 0 Å². The molecule has 2 heterocycles. The summed E-state index contributed by atoms with van der Waals surface area (Å²) in [5, 5.41) is 4.77. The summed E-state index contributed by atoms with van der Waals surface area (Å²) in [6, 6.07) is 70.1. The van der Waals surface area contributed by atoms with Crippen LogP contribution < -0.4 is 9.80 Å². The van der Waals surface area contributed by atoms with Gasteiger partial charge in [0.15, 0.2) is 0 Å². The minimum Gasteiger partial charge on any atom is -0.310 e. The van der Waals surface area contributed by atoms with Gasteiger partial charge in [-0.2, -0.15) is 0 Å². The average molecular weight is 815 g/mol. The van der Waals surface area contributed by atoms with E-state index in [-0.39, 0.29) is 0 Å². The van der Waals surface area contributed by atoms with E-state index in [0.29, 0.717) is 29.1 Å². The van der Waals surface area contributed by atoms with Crippen molar-refractivity contribution in [3.8, 4) is 20.9 Å². The monoisotopic (exact) mass is 814 g/mol. The number of fused-ring (bicyclic) bond motifs is 7. The van der Waals surface area contributed by atoms with Gasteiger partial charge in [-0.05, 0) is 112 Å². The summed E-state index contributed by atoms with van der Waals surface area (Å²) in [7, 11) is 0. The molecule has 5 atom stereocenters. The second-order valence-corrected chi connectivity index (χ2v) is 18.6. The predicted octanol–water partition coefficient (Wildman–Crippen LogP) is 15.7. The fourth-order valence-electron chi connectivity index (χ4n) is 11.4. The SMILES string of the molecule is CC1C2c3nc4c(-c5cc(N(c6ccccc6)c6ccccc6)c6ccccc6c5)sc(-c5cc(N(c6ccccc6)c6ccccc6)c6ccccc6c5)c4nc3C3C2C13C. The summed E-state index contributed by atoms with van der Waals surface area (Å²) in [6.45, 7) is 4.92. The number of thiophene rings is 1. The molecule has 10 aromatic rings. The van der Waals surface area contributed by atoms with Crippen LogP contribution in [0.15, 0.2) is 194 Å². The standard InChI is InChI=1S/C57H42N4S/c1-35-48-49-50(57(35,49)2)52-51(48)58-53-54(59-52)56(39-32-37-20-16-18-30-45(37)47(34-39)61(42-25-11-5-12-26-42)43-27-13-6-14-28-43)62-55(53)38-31-36-19-15-17-29-44(36)46(33-38)60(40-21-7-3-8-22-40)41-23-9-4-10-24-41/h3-35,48-50H,1-2H3. The molecule has 5 unspecified atom stereocenters. The van der Waals surface area contributed by atoms with Crippen molar-refractivity contribution in [2.24, 2.45) is 17.3 Å². The van der Waals surface area contributed by atoms with Crippen LogP contribution in [0.5, 0.6) is 0 Å². The molecule has 4 nitrogen and oxygen atoms in total. The highest BCUT2D eigenvalue weighted by atomic mass is 32.1. The molecule has 2 fully saturated rings. The Bertz CT molecular complexity index is 3080. The molecule has 2 aromatic heterocycles. The number of para-hydroxylation sites is 4. The largest absolute Gasteiger partial charge is 0.310 e. The lowest BCUT2D eigenvalue weighted by atomic mass is 9.63. The third-order valence-corrected chi connectivity index (χ3v) is 15.8. The molecule has 13 rings (SSSR count). The van der Waals surface area contributed by atoms with Gasteiger partial charge in [0, 0.05) is 45.4 Å². The minimum absolute atomic E-state index is 0.354. The van der Waals surface area contributed by atoms with Crippen LogP contribution in [0.3, 0.4) is 0 Å². The molecular formula is C57H42N4S. The number of rotatable bonds is 8. The Kier molecular flexibility index (Phi) is 7.74. The van der Waals surface area contributed by atoms with Crippen LogP contribution in [0, 0.1) is 17.3 Å². The summed E-state index contributed by atoms with van der Waals surface area (Å²) >= 11 is 1.84. The predicted molar refractivity (Wildman–Crippen MR) is 259 cm³/mol. The van der Waals surface area contributed by atoms with Gasteiger partial charge in [0.1, 0.15) is 11.0 Å². The van der Waals surface area contributed by atoms with Crippen molar-refractivity contribution in [1.82, 2.24) is 9.97 Å². The smallest absolute Gasteiger partial charge is 0.108 e. The number of aromatic nitrogens is 2. The van der Waals surface area contributed by atoms with Crippen molar-refractivity contribution < 1.29 is 0 Å². The van der Waals surface area contributed by atoms with Crippen LogP contribution in [-0.4, -0.2) is 9.97 Å². The lowest BCUT2D eigenvalue weighted by molar-refractivity contribution is 0.143. The molecule has 296 valence electrons. The van der Waals surface area contributed by atoms with Gasteiger partial charge in [0.05, 0.1) is 32.5 Å². The van der Waals surface area contributed by atoms with Gasteiger partial charge >= 0.3 is 0 Å². The highest BCUT2D eigenvalue weighted by Crippen LogP contribution is 2.88. The molecule has 0 N–H and O–H groups in total. The van der Waals surface area contributed by atoms with Crippen LogP contribution in [0.25, 0.3) is 53.5 Å². The van der Waals surface area contributed by atoms with E-state index >= 15 is 0 Å². The number of benzene rings is 8. The topological polar surface area (TPSA) is 32.3 Å². The first-order valence-corrected chi connectivity index (χ1v) is 22.6. The Morgan fingerprint density at radius 3 is 1.29 bits per heavy atom. The van der Waals surface area contributed by atoms with Crippen LogP contribution in [-0.2, 0) is 0 Å². The van der Waals surface area contributed by atoms with E-state index in [1.54, 1.807) is 0 Å². The molecule has 0 aliphatic heterocycles. The van der Waals surface area contributed by atoms with E-state index in [0.717, 1.165) is 66.0 Å². The molecule has 62 heavy (non-hydrogen) atoms. The Morgan fingerprint density at radius 1 is 0.468 bits per heavy atom. The molecule has 0 radical (unpaired) electrons. The van der Waals surface area contributed by atoms with E-state index in [9.17, 15) is 0 Å². The molecule has 0 saturated heterocycles. The van der Waals surface area contributed by atoms with Gasteiger partial charge in [-0.15, -0.1) is 11.3 Å². The zero-order valence-electron chi connectivity index (χ0n) is 34.5. The highest BCUT2D eigenvalue weighted by molar-refractivity contribution is 7.20. The van der Waals surface area contributed by atoms with Crippen molar-refractivity contribution in [3.63, 3.8) is 0 Å². The highest BCUT2D eigenvalue weighted by Gasteiger charge is 2.82. The van der Waals surface area contributed by atoms with Gasteiger partial charge in [-0.1, -0.05) is 135 Å². The minimum atomic E-state index is 0.354. The van der Waals surface area contributed by atoms with Gasteiger partial charge in [-0.3, -0.25) is 0 Å². The van der Waals surface area contributed by atoms with E-state index in [1.807, 2.05) is 11.3 Å². The molecule has 0 bridgehead atoms. The normalized spacial score (nSPS) is 20.5. The molecule has 2 saturated carbocycles. The lowest BCUT2D eigenvalue weighted by Gasteiger charge is -2.41. The van der Waals surface area contributed by atoms with E-state index in [2.05, 4.69) is 218 Å². The maximum absolute atomic E-state index is 5.77. The molecule has 3 aliphatic rings. The van der Waals surface area contributed by atoms with Gasteiger partial charge in [0.25, 0.3) is 0 Å². The Balaban J connectivity index is 1.08. The quantitative estimate of drug-likeness (QED) is 0.153. The second kappa shape index (κ2) is 13.5. The van der Waals surface area contributed by atoms with Crippen molar-refractivity contribution in [2.75, 3.05) is 9.80 Å². The first kappa shape index (κ1) is 35.7. The van der Waals surface area contributed by atoms with E-state index in [4.69, 9.17) is 9.97 Å². The maximum Gasteiger partial charge on any atom is 0.108 e. The van der Waals surface area contributed by atoms with Gasteiger partial charge < -0.3 is 9.80 Å². The van der Waals surface area contributed by atoms with Crippen LogP contribution in [0.1, 0.15) is 37.1 Å². The molecule has 3 aliphatic carbocycles. The summed E-state index contributed by atoms with van der Waals surface area (Å²) < 4.78 is 0. The summed E-state index contributed by atoms with van der Waals surface area (Å²) in [6.07, 6.45) is 0. The molecule has 0 amide bonds. The van der Waals surface area contributed by atoms with Crippen molar-refractivity contribution in [2.45, 2.75) is 25.7 Å². The first-order chi connectivity index (χ1) is 30.6.